The van der Waals surface area contributed by atoms with Crippen molar-refractivity contribution >= 4 is 11.8 Å². The highest BCUT2D eigenvalue weighted by Crippen LogP contribution is 2.41. The maximum Gasteiger partial charge on any atom is 0.274 e. The number of nitrogens with zero attached hydrogens (tertiary/aromatic N) is 2. The lowest BCUT2D eigenvalue weighted by Crippen LogP contribution is -2.48. The Kier molecular flexibility index (Phi) is 5.18. The Hall–Kier alpha value is -3.44. The van der Waals surface area contributed by atoms with Crippen LogP contribution in [0.15, 0.2) is 23.1 Å². The van der Waals surface area contributed by atoms with E-state index < -0.39 is 82.2 Å². The van der Waals surface area contributed by atoms with Crippen LogP contribution in [-0.4, -0.2) is 45.4 Å². The molecule has 2 amide bonds. The van der Waals surface area contributed by atoms with E-state index >= 15 is 0 Å². The highest BCUT2D eigenvalue weighted by atomic mass is 19.3. The third-order valence-electron chi connectivity index (χ3n) is 5.63. The second-order valence-electron chi connectivity index (χ2n) is 7.64. The van der Waals surface area contributed by atoms with Gasteiger partial charge in [0.05, 0.1) is 0 Å². The van der Waals surface area contributed by atoms with Gasteiger partial charge >= 0.3 is 0 Å². The summed E-state index contributed by atoms with van der Waals surface area (Å²) in [6, 6.07) is -0.825. The molecule has 2 bridgehead atoms. The van der Waals surface area contributed by atoms with E-state index in [1.807, 2.05) is 5.32 Å². The maximum absolute atomic E-state index is 14.7. The standard InChI is InChI=1S/C20H16F5N3O4/c21-9-4-12(22)10(13(23)5-9)6-26-18(31)11-7-28-14-8-27(3-1-2-20(14,24)25)19(32)15(28)17(30)16(11)29/h4-5,7,14,30H,1-3,6,8H2,(H,26,31)/t14-/m1/s1. The van der Waals surface area contributed by atoms with E-state index in [0.717, 1.165) is 15.7 Å². The molecule has 2 aliphatic rings. The summed E-state index contributed by atoms with van der Waals surface area (Å²) in [5.74, 6) is -10.2. The smallest absolute Gasteiger partial charge is 0.274 e. The van der Waals surface area contributed by atoms with Gasteiger partial charge in [-0.2, -0.15) is 0 Å². The van der Waals surface area contributed by atoms with Crippen molar-refractivity contribution in [3.05, 3.63) is 62.8 Å². The van der Waals surface area contributed by atoms with Crippen molar-refractivity contribution in [1.29, 1.82) is 0 Å². The number of halogens is 5. The number of carbonyl (C=O) groups excluding carboxylic acids is 2. The molecule has 170 valence electrons. The van der Waals surface area contributed by atoms with E-state index in [1.54, 1.807) is 0 Å². The van der Waals surface area contributed by atoms with Crippen LogP contribution in [0.1, 0.15) is 45.3 Å². The normalized spacial score (nSPS) is 19.3. The Morgan fingerprint density at radius 2 is 1.84 bits per heavy atom. The summed E-state index contributed by atoms with van der Waals surface area (Å²) in [5, 5.41) is 12.3. The first-order chi connectivity index (χ1) is 15.0. The second-order valence-corrected chi connectivity index (χ2v) is 7.64. The maximum atomic E-state index is 14.7. The molecule has 1 aromatic heterocycles. The molecular weight excluding hydrogens is 441 g/mol. The summed E-state index contributed by atoms with van der Waals surface area (Å²) < 4.78 is 70.6. The Morgan fingerprint density at radius 1 is 1.19 bits per heavy atom. The predicted octanol–water partition coefficient (Wildman–Crippen LogP) is 2.33. The van der Waals surface area contributed by atoms with E-state index in [0.29, 0.717) is 12.1 Å². The van der Waals surface area contributed by atoms with E-state index in [9.17, 15) is 41.4 Å². The number of carbonyl (C=O) groups is 2. The lowest BCUT2D eigenvalue weighted by Gasteiger charge is -2.37. The zero-order valence-electron chi connectivity index (χ0n) is 16.3. The van der Waals surface area contributed by atoms with Crippen LogP contribution < -0.4 is 10.7 Å². The first kappa shape index (κ1) is 21.8. The molecule has 0 radical (unpaired) electrons. The topological polar surface area (TPSA) is 91.6 Å². The van der Waals surface area contributed by atoms with Crippen LogP contribution in [0.25, 0.3) is 0 Å². The van der Waals surface area contributed by atoms with Gasteiger partial charge in [0.25, 0.3) is 17.7 Å². The van der Waals surface area contributed by atoms with Crippen LogP contribution >= 0.6 is 0 Å². The summed E-state index contributed by atoms with van der Waals surface area (Å²) >= 11 is 0. The fraction of sp³-hybridized carbons (Fsp3) is 0.350. The molecule has 2 N–H and O–H groups in total. The van der Waals surface area contributed by atoms with Gasteiger partial charge in [-0.05, 0) is 6.42 Å². The van der Waals surface area contributed by atoms with Gasteiger partial charge in [-0.3, -0.25) is 14.4 Å². The van der Waals surface area contributed by atoms with Crippen LogP contribution in [0.3, 0.4) is 0 Å². The van der Waals surface area contributed by atoms with Crippen molar-refractivity contribution < 1.29 is 36.6 Å². The average molecular weight is 457 g/mol. The van der Waals surface area contributed by atoms with E-state index in [-0.39, 0.29) is 19.5 Å². The number of pyridine rings is 1. The lowest BCUT2D eigenvalue weighted by atomic mass is 10.0. The van der Waals surface area contributed by atoms with Gasteiger partial charge in [-0.15, -0.1) is 0 Å². The molecule has 0 unspecified atom stereocenters. The Labute approximate surface area is 177 Å². The summed E-state index contributed by atoms with van der Waals surface area (Å²) in [7, 11) is 0. The van der Waals surface area contributed by atoms with Crippen molar-refractivity contribution in [2.75, 3.05) is 13.1 Å². The highest BCUT2D eigenvalue weighted by Gasteiger charge is 2.49. The number of aromatic hydroxyl groups is 1. The van der Waals surface area contributed by atoms with Crippen LogP contribution in [0.4, 0.5) is 22.0 Å². The van der Waals surface area contributed by atoms with Gasteiger partial charge in [-0.25, -0.2) is 22.0 Å². The Bertz CT molecular complexity index is 1170. The van der Waals surface area contributed by atoms with Gasteiger partial charge in [0.15, 0.2) is 11.4 Å². The van der Waals surface area contributed by atoms with E-state index in [2.05, 4.69) is 0 Å². The van der Waals surface area contributed by atoms with E-state index in [1.165, 1.54) is 0 Å². The van der Waals surface area contributed by atoms with Crippen LogP contribution in [-0.2, 0) is 6.54 Å². The molecule has 0 aliphatic carbocycles. The number of aromatic nitrogens is 1. The minimum absolute atomic E-state index is 0.0108. The number of alkyl halides is 2. The third-order valence-corrected chi connectivity index (χ3v) is 5.63. The molecule has 2 aliphatic heterocycles. The van der Waals surface area contributed by atoms with Crippen LogP contribution in [0, 0.1) is 17.5 Å². The van der Waals surface area contributed by atoms with Gasteiger partial charge < -0.3 is 19.9 Å². The van der Waals surface area contributed by atoms with Crippen molar-refractivity contribution in [2.24, 2.45) is 0 Å². The molecule has 2 aromatic rings. The first-order valence-electron chi connectivity index (χ1n) is 9.58. The largest absolute Gasteiger partial charge is 0.503 e. The molecular formula is C20H16F5N3O4. The van der Waals surface area contributed by atoms with E-state index in [4.69, 9.17) is 0 Å². The van der Waals surface area contributed by atoms with Crippen LogP contribution in [0.5, 0.6) is 5.75 Å². The molecule has 7 nitrogen and oxygen atoms in total. The number of rotatable bonds is 3. The quantitative estimate of drug-likeness (QED) is 0.693. The van der Waals surface area contributed by atoms with Crippen molar-refractivity contribution in [3.63, 3.8) is 0 Å². The minimum atomic E-state index is -3.29. The zero-order chi connectivity index (χ0) is 23.4. The fourth-order valence-electron chi connectivity index (χ4n) is 3.98. The van der Waals surface area contributed by atoms with Crippen molar-refractivity contribution in [2.45, 2.75) is 31.4 Å². The predicted molar refractivity (Wildman–Crippen MR) is 99.0 cm³/mol. The number of amides is 2. The minimum Gasteiger partial charge on any atom is -0.503 e. The van der Waals surface area contributed by atoms with Crippen molar-refractivity contribution in [3.8, 4) is 5.75 Å². The Balaban J connectivity index is 1.72. The van der Waals surface area contributed by atoms with Gasteiger partial charge in [-0.1, -0.05) is 0 Å². The summed E-state index contributed by atoms with van der Waals surface area (Å²) in [5.41, 5.74) is -3.44. The highest BCUT2D eigenvalue weighted by molar-refractivity contribution is 5.99. The number of nitrogens with one attached hydrogen (secondary N) is 1. The molecule has 0 spiro atoms. The molecule has 1 aromatic carbocycles. The van der Waals surface area contributed by atoms with Crippen molar-refractivity contribution in [1.82, 2.24) is 14.8 Å². The molecule has 32 heavy (non-hydrogen) atoms. The molecule has 1 saturated heterocycles. The SMILES string of the molecule is O=C(NCc1c(F)cc(F)cc1F)c1cn2c(c(O)c1=O)C(=O)N1CCCC(F)(F)[C@H]2C1. The molecule has 0 saturated carbocycles. The summed E-state index contributed by atoms with van der Waals surface area (Å²) in [6.07, 6.45) is 0.207. The fourth-order valence-corrected chi connectivity index (χ4v) is 3.98. The average Bonchev–Trinajstić information content (AvgIpc) is 2.84. The zero-order valence-corrected chi connectivity index (χ0v) is 16.3. The van der Waals surface area contributed by atoms with Crippen LogP contribution in [0.2, 0.25) is 0 Å². The molecule has 1 atom stereocenters. The molecule has 4 rings (SSSR count). The molecule has 1 fully saturated rings. The summed E-state index contributed by atoms with van der Waals surface area (Å²) in [4.78, 5) is 38.7. The number of fused-ring (bicyclic) bond motifs is 4. The molecule has 12 heteroatoms. The third kappa shape index (κ3) is 3.49. The Morgan fingerprint density at radius 3 is 2.50 bits per heavy atom. The molecule has 3 heterocycles. The van der Waals surface area contributed by atoms with Gasteiger partial charge in [0.2, 0.25) is 5.43 Å². The first-order valence-corrected chi connectivity index (χ1v) is 9.58. The monoisotopic (exact) mass is 457 g/mol. The number of benzene rings is 1. The van der Waals surface area contributed by atoms with Gasteiger partial charge in [0, 0.05) is 49.9 Å². The number of hydrogen-bond acceptors (Lipinski definition) is 4. The van der Waals surface area contributed by atoms with Gasteiger partial charge in [0.1, 0.15) is 29.1 Å². The summed E-state index contributed by atoms with van der Waals surface area (Å²) in [6.45, 7) is -1.14. The number of hydrogen-bond donors (Lipinski definition) is 2. The second kappa shape index (κ2) is 7.61. The lowest BCUT2D eigenvalue weighted by molar-refractivity contribution is -0.0597.